The van der Waals surface area contributed by atoms with Crippen molar-refractivity contribution in [2.45, 2.75) is 19.0 Å². The maximum absolute atomic E-state index is 12.8. The van der Waals surface area contributed by atoms with Gasteiger partial charge in [-0.3, -0.25) is 18.9 Å². The largest absolute Gasteiger partial charge is 0.484 e. The maximum atomic E-state index is 12.8. The average molecular weight is 419 g/mol. The van der Waals surface area contributed by atoms with Crippen molar-refractivity contribution >= 4 is 27.8 Å². The molecule has 0 unspecified atom stereocenters. The lowest BCUT2D eigenvalue weighted by atomic mass is 9.93. The minimum atomic E-state index is -4.42. The summed E-state index contributed by atoms with van der Waals surface area (Å²) in [6.07, 6.45) is 0.276. The molecule has 9 nitrogen and oxygen atoms in total. The number of nitrogens with zero attached hydrogens (tertiary/aromatic N) is 1. The van der Waals surface area contributed by atoms with Crippen LogP contribution in [-0.2, 0) is 32.9 Å². The van der Waals surface area contributed by atoms with Gasteiger partial charge in [-0.05, 0) is 35.4 Å². The van der Waals surface area contributed by atoms with Crippen LogP contribution in [0.2, 0.25) is 0 Å². The van der Waals surface area contributed by atoms with Crippen LogP contribution in [0.3, 0.4) is 0 Å². The van der Waals surface area contributed by atoms with Crippen molar-refractivity contribution in [3.05, 3.63) is 59.7 Å². The normalized spacial score (nSPS) is 15.9. The Balaban J connectivity index is 1.82. The van der Waals surface area contributed by atoms with Crippen LogP contribution in [0.15, 0.2) is 48.5 Å². The summed E-state index contributed by atoms with van der Waals surface area (Å²) in [5, 5.41) is 2.57. The van der Waals surface area contributed by atoms with Crippen molar-refractivity contribution in [3.63, 3.8) is 0 Å². The molecule has 0 aliphatic carbocycles. The van der Waals surface area contributed by atoms with Crippen LogP contribution in [-0.4, -0.2) is 49.4 Å². The van der Waals surface area contributed by atoms with Gasteiger partial charge in [0.2, 0.25) is 5.91 Å². The molecule has 154 valence electrons. The lowest BCUT2D eigenvalue weighted by Gasteiger charge is -2.36. The highest BCUT2D eigenvalue weighted by Crippen LogP contribution is 2.27. The molecule has 2 aromatic rings. The number of anilines is 1. The van der Waals surface area contributed by atoms with E-state index in [1.807, 2.05) is 10.8 Å². The van der Waals surface area contributed by atoms with Gasteiger partial charge in [0.15, 0.2) is 6.61 Å². The van der Waals surface area contributed by atoms with Crippen LogP contribution in [0.4, 0.5) is 5.69 Å². The number of rotatable bonds is 6. The zero-order valence-corrected chi connectivity index (χ0v) is 16.5. The van der Waals surface area contributed by atoms with Crippen LogP contribution in [0.1, 0.15) is 11.1 Å². The third-order valence-corrected chi connectivity index (χ3v) is 5.05. The Morgan fingerprint density at radius 3 is 2.55 bits per heavy atom. The highest BCUT2D eigenvalue weighted by Gasteiger charge is 2.34. The Morgan fingerprint density at radius 1 is 1.17 bits per heavy atom. The molecular formula is C19H21N3O6S. The molecule has 0 saturated carbocycles. The van der Waals surface area contributed by atoms with Crippen LogP contribution in [0.5, 0.6) is 5.75 Å². The standard InChI is InChI=1S/C19H21N3O6S/c1-20-19(24)17-10-13-7-8-15(21-29(25,26)27)9-14(13)11-22(17)18(23)12-28-16-5-3-2-4-6-16/h2-9,17,21H,10-12H2,1H3,(H,20,24)(H,25,26,27)/t17-/m0/s1. The molecule has 0 bridgehead atoms. The Bertz CT molecular complexity index is 1010. The highest BCUT2D eigenvalue weighted by molar-refractivity contribution is 7.87. The molecule has 3 rings (SSSR count). The van der Waals surface area contributed by atoms with E-state index in [1.54, 1.807) is 30.3 Å². The molecule has 0 radical (unpaired) electrons. The monoisotopic (exact) mass is 419 g/mol. The number of fused-ring (bicyclic) bond motifs is 1. The molecule has 1 aliphatic rings. The second kappa shape index (κ2) is 8.50. The molecule has 1 aliphatic heterocycles. The highest BCUT2D eigenvalue weighted by atomic mass is 32.2. The summed E-state index contributed by atoms with van der Waals surface area (Å²) in [5.74, 6) is -0.139. The van der Waals surface area contributed by atoms with Crippen molar-refractivity contribution in [1.82, 2.24) is 10.2 Å². The number of ether oxygens (including phenoxy) is 1. The lowest BCUT2D eigenvalue weighted by Crippen LogP contribution is -2.53. The van der Waals surface area contributed by atoms with Gasteiger partial charge in [0.05, 0.1) is 5.69 Å². The van der Waals surface area contributed by atoms with E-state index in [0.29, 0.717) is 11.3 Å². The van der Waals surface area contributed by atoms with Gasteiger partial charge in [0.25, 0.3) is 5.91 Å². The van der Waals surface area contributed by atoms with E-state index in [1.165, 1.54) is 24.1 Å². The van der Waals surface area contributed by atoms with Gasteiger partial charge in [-0.2, -0.15) is 8.42 Å². The molecule has 29 heavy (non-hydrogen) atoms. The first-order valence-corrected chi connectivity index (χ1v) is 10.3. The van der Waals surface area contributed by atoms with Crippen molar-refractivity contribution in [2.75, 3.05) is 18.4 Å². The fourth-order valence-corrected chi connectivity index (χ4v) is 3.63. The Morgan fingerprint density at radius 2 is 1.90 bits per heavy atom. The van der Waals surface area contributed by atoms with Crippen LogP contribution >= 0.6 is 0 Å². The molecule has 1 heterocycles. The first-order chi connectivity index (χ1) is 13.8. The van der Waals surface area contributed by atoms with Crippen molar-refractivity contribution < 1.29 is 27.3 Å². The predicted octanol–water partition coefficient (Wildman–Crippen LogP) is 0.980. The quantitative estimate of drug-likeness (QED) is 0.600. The molecule has 3 N–H and O–H groups in total. The number of likely N-dealkylation sites (N-methyl/N-ethyl adjacent to an activating group) is 1. The van der Waals surface area contributed by atoms with Crippen LogP contribution in [0, 0.1) is 0 Å². The molecule has 0 spiro atoms. The second-order valence-corrected chi connectivity index (χ2v) is 7.67. The van der Waals surface area contributed by atoms with Crippen molar-refractivity contribution in [1.29, 1.82) is 0 Å². The predicted molar refractivity (Wildman–Crippen MR) is 106 cm³/mol. The number of hydrogen-bond acceptors (Lipinski definition) is 5. The number of nitrogens with one attached hydrogen (secondary N) is 2. The van der Waals surface area contributed by atoms with E-state index in [4.69, 9.17) is 9.29 Å². The minimum absolute atomic E-state index is 0.103. The number of carbonyl (C=O) groups is 2. The minimum Gasteiger partial charge on any atom is -0.484 e. The van der Waals surface area contributed by atoms with Gasteiger partial charge in [-0.15, -0.1) is 0 Å². The fourth-order valence-electron chi connectivity index (χ4n) is 3.20. The summed E-state index contributed by atoms with van der Waals surface area (Å²) in [7, 11) is -2.92. The van der Waals surface area contributed by atoms with Gasteiger partial charge in [0, 0.05) is 20.0 Å². The summed E-state index contributed by atoms with van der Waals surface area (Å²) in [6, 6.07) is 12.8. The molecule has 0 saturated heterocycles. The first-order valence-electron chi connectivity index (χ1n) is 8.83. The number of para-hydroxylation sites is 1. The zero-order chi connectivity index (χ0) is 21.0. The molecule has 0 fully saturated rings. The third kappa shape index (κ3) is 5.24. The number of carbonyl (C=O) groups excluding carboxylic acids is 2. The van der Waals surface area contributed by atoms with E-state index < -0.39 is 16.3 Å². The fraction of sp³-hybridized carbons (Fsp3) is 0.263. The first kappa shape index (κ1) is 20.6. The van der Waals surface area contributed by atoms with E-state index >= 15 is 0 Å². The average Bonchev–Trinajstić information content (AvgIpc) is 2.70. The van der Waals surface area contributed by atoms with Gasteiger partial charge in [-0.25, -0.2) is 0 Å². The van der Waals surface area contributed by atoms with Crippen molar-refractivity contribution in [2.24, 2.45) is 0 Å². The Hall–Kier alpha value is -3.11. The third-order valence-electron chi connectivity index (χ3n) is 4.56. The smallest absolute Gasteiger partial charge is 0.357 e. The van der Waals surface area contributed by atoms with E-state index in [9.17, 15) is 18.0 Å². The topological polar surface area (TPSA) is 125 Å². The van der Waals surface area contributed by atoms with E-state index in [2.05, 4.69) is 5.32 Å². The van der Waals surface area contributed by atoms with Gasteiger partial charge >= 0.3 is 10.3 Å². The molecule has 1 atom stereocenters. The van der Waals surface area contributed by atoms with Gasteiger partial charge < -0.3 is 15.0 Å². The van der Waals surface area contributed by atoms with Crippen LogP contribution in [0.25, 0.3) is 0 Å². The SMILES string of the molecule is CNC(=O)[C@@H]1Cc2ccc(NS(=O)(=O)O)cc2CN1C(=O)COc1ccccc1. The molecule has 0 aromatic heterocycles. The van der Waals surface area contributed by atoms with Crippen LogP contribution < -0.4 is 14.8 Å². The molecular weight excluding hydrogens is 398 g/mol. The Kier molecular flexibility index (Phi) is 6.04. The van der Waals surface area contributed by atoms with E-state index in [0.717, 1.165) is 5.56 Å². The summed E-state index contributed by atoms with van der Waals surface area (Å²) >= 11 is 0. The number of amides is 2. The summed E-state index contributed by atoms with van der Waals surface area (Å²) in [4.78, 5) is 26.5. The second-order valence-electron chi connectivity index (χ2n) is 6.52. The molecule has 2 amide bonds. The zero-order valence-electron chi connectivity index (χ0n) is 15.7. The number of hydrogen-bond donors (Lipinski definition) is 3. The Labute approximate surface area is 168 Å². The van der Waals surface area contributed by atoms with Gasteiger partial charge in [0.1, 0.15) is 11.8 Å². The number of benzene rings is 2. The molecule has 10 heteroatoms. The summed E-state index contributed by atoms with van der Waals surface area (Å²) < 4.78 is 38.6. The summed E-state index contributed by atoms with van der Waals surface area (Å²) in [5.41, 5.74) is 1.65. The van der Waals surface area contributed by atoms with Gasteiger partial charge in [-0.1, -0.05) is 24.3 Å². The lowest BCUT2D eigenvalue weighted by molar-refractivity contribution is -0.143. The maximum Gasteiger partial charge on any atom is 0.357 e. The van der Waals surface area contributed by atoms with E-state index in [-0.39, 0.29) is 37.1 Å². The molecule has 2 aromatic carbocycles. The van der Waals surface area contributed by atoms with Crippen molar-refractivity contribution in [3.8, 4) is 5.75 Å². The summed E-state index contributed by atoms with van der Waals surface area (Å²) in [6.45, 7) is -0.138.